The average molecular weight is 860 g/mol. The average Bonchev–Trinajstić information content (AvgIpc) is 3.24. The Kier molecular flexibility index (Phi) is 45.9. The SMILES string of the molecule is CC/C=C\C/C=C\C/C=C\C/C=C\C/C=C\CCCCCC(=O)OC(COCCCCCCCCCCCC/C=C\C/C=C\CCCCCCC)COP(=O)(O)OCCN. The van der Waals surface area contributed by atoms with Crippen LogP contribution in [-0.4, -0.2) is 49.9 Å². The molecule has 8 nitrogen and oxygen atoms in total. The number of hydrogen-bond donors (Lipinski definition) is 2. The Bertz CT molecular complexity index is 1190. The van der Waals surface area contributed by atoms with Crippen LogP contribution in [0.4, 0.5) is 0 Å². The van der Waals surface area contributed by atoms with Crippen molar-refractivity contribution in [3.05, 3.63) is 85.1 Å². The second kappa shape index (κ2) is 47.7. The van der Waals surface area contributed by atoms with E-state index in [9.17, 15) is 14.3 Å². The maximum atomic E-state index is 12.6. The third-order valence-corrected chi connectivity index (χ3v) is 10.8. The fraction of sp³-hybridized carbons (Fsp3) is 0.706. The van der Waals surface area contributed by atoms with Crippen LogP contribution in [0.3, 0.4) is 0 Å². The Labute approximate surface area is 368 Å². The van der Waals surface area contributed by atoms with E-state index in [1.807, 2.05) is 0 Å². The molecule has 0 bridgehead atoms. The molecule has 0 aromatic heterocycles. The molecule has 0 rings (SSSR count). The van der Waals surface area contributed by atoms with Gasteiger partial charge in [-0.3, -0.25) is 13.8 Å². The van der Waals surface area contributed by atoms with Crippen LogP contribution in [0.5, 0.6) is 0 Å². The molecular weight excluding hydrogens is 770 g/mol. The summed E-state index contributed by atoms with van der Waals surface area (Å²) in [7, 11) is -4.30. The molecule has 0 aliphatic rings. The summed E-state index contributed by atoms with van der Waals surface area (Å²) < 4.78 is 33.5. The Hall–Kier alpha value is -2.32. The van der Waals surface area contributed by atoms with Crippen molar-refractivity contribution < 1.29 is 32.8 Å². The summed E-state index contributed by atoms with van der Waals surface area (Å²) in [5.74, 6) is -0.364. The number of esters is 1. The number of carbonyl (C=O) groups excluding carboxylic acids is 1. The molecule has 9 heteroatoms. The molecule has 0 fully saturated rings. The van der Waals surface area contributed by atoms with Gasteiger partial charge in [0, 0.05) is 19.6 Å². The van der Waals surface area contributed by atoms with E-state index < -0.39 is 13.9 Å². The van der Waals surface area contributed by atoms with Gasteiger partial charge in [0.05, 0.1) is 19.8 Å². The molecule has 0 saturated carbocycles. The van der Waals surface area contributed by atoms with Crippen LogP contribution in [-0.2, 0) is 27.9 Å². The monoisotopic (exact) mass is 860 g/mol. The van der Waals surface area contributed by atoms with E-state index in [0.717, 1.165) is 70.6 Å². The van der Waals surface area contributed by atoms with Gasteiger partial charge in [-0.2, -0.15) is 0 Å². The van der Waals surface area contributed by atoms with Gasteiger partial charge >= 0.3 is 13.8 Å². The van der Waals surface area contributed by atoms with E-state index in [1.165, 1.54) is 96.3 Å². The largest absolute Gasteiger partial charge is 0.472 e. The molecule has 3 N–H and O–H groups in total. The molecule has 2 unspecified atom stereocenters. The van der Waals surface area contributed by atoms with Crippen LogP contribution in [0.25, 0.3) is 0 Å². The van der Waals surface area contributed by atoms with Gasteiger partial charge in [-0.15, -0.1) is 0 Å². The van der Waals surface area contributed by atoms with Crippen molar-refractivity contribution in [3.63, 3.8) is 0 Å². The molecule has 0 radical (unpaired) electrons. The van der Waals surface area contributed by atoms with Crippen LogP contribution < -0.4 is 5.73 Å². The first-order chi connectivity index (χ1) is 29.4. The number of rotatable bonds is 45. The number of unbranched alkanes of at least 4 members (excludes halogenated alkanes) is 18. The number of phosphoric ester groups is 1. The lowest BCUT2D eigenvalue weighted by atomic mass is 10.1. The smallest absolute Gasteiger partial charge is 0.457 e. The first kappa shape index (κ1) is 57.7. The number of carbonyl (C=O) groups is 1. The molecular formula is C51H90NO7P. The molecule has 346 valence electrons. The Morgan fingerprint density at radius 1 is 0.517 bits per heavy atom. The second-order valence-electron chi connectivity index (χ2n) is 15.6. The van der Waals surface area contributed by atoms with Crippen LogP contribution in [0.15, 0.2) is 85.1 Å². The van der Waals surface area contributed by atoms with Gasteiger partial charge in [-0.05, 0) is 89.9 Å². The predicted octanol–water partition coefficient (Wildman–Crippen LogP) is 14.9. The van der Waals surface area contributed by atoms with Crippen molar-refractivity contribution in [2.24, 2.45) is 5.73 Å². The highest BCUT2D eigenvalue weighted by Gasteiger charge is 2.25. The molecule has 60 heavy (non-hydrogen) atoms. The Morgan fingerprint density at radius 3 is 1.40 bits per heavy atom. The van der Waals surface area contributed by atoms with Crippen LogP contribution in [0, 0.1) is 0 Å². The van der Waals surface area contributed by atoms with Crippen molar-refractivity contribution in [1.29, 1.82) is 0 Å². The molecule has 0 saturated heterocycles. The maximum absolute atomic E-state index is 12.6. The summed E-state index contributed by atoms with van der Waals surface area (Å²) >= 11 is 0. The van der Waals surface area contributed by atoms with Gasteiger partial charge < -0.3 is 20.1 Å². The molecule has 0 aliphatic heterocycles. The molecule has 0 amide bonds. The third-order valence-electron chi connectivity index (χ3n) is 9.80. The minimum atomic E-state index is -4.30. The van der Waals surface area contributed by atoms with Gasteiger partial charge in [-0.1, -0.05) is 182 Å². The van der Waals surface area contributed by atoms with E-state index >= 15 is 0 Å². The number of phosphoric acid groups is 1. The standard InChI is InChI=1S/C51H90NO7P/c1-3-5-7-9-11-13-15-17-19-21-23-24-25-27-29-31-33-35-37-39-41-43-46-56-48-50(49-58-60(54,55)57-47-45-52)59-51(53)44-42-40-38-36-34-32-30-28-26-22-20-18-16-14-12-10-8-6-4-2/h6,8,12,14-15,17-18,20-21,23,26,28,32,34,50H,3-5,7,9-11,13,16,19,22,24-25,27,29-31,33,35-49,52H2,1-2H3,(H,54,55)/b8-6-,14-12-,17-15-,20-18-,23-21-,28-26-,34-32-. The zero-order valence-corrected chi connectivity index (χ0v) is 39.3. The molecule has 0 spiro atoms. The summed E-state index contributed by atoms with van der Waals surface area (Å²) in [6.07, 6.45) is 61.8. The fourth-order valence-electron chi connectivity index (χ4n) is 6.29. The Balaban J connectivity index is 4.06. The van der Waals surface area contributed by atoms with Crippen LogP contribution in [0.1, 0.15) is 194 Å². The lowest BCUT2D eigenvalue weighted by Crippen LogP contribution is -2.28. The van der Waals surface area contributed by atoms with Gasteiger partial charge in [0.2, 0.25) is 0 Å². The summed E-state index contributed by atoms with van der Waals surface area (Å²) in [6, 6.07) is 0. The quantitative estimate of drug-likeness (QED) is 0.0269. The van der Waals surface area contributed by atoms with E-state index in [4.69, 9.17) is 24.3 Å². The summed E-state index contributed by atoms with van der Waals surface area (Å²) in [5, 5.41) is 0. The van der Waals surface area contributed by atoms with Gasteiger partial charge in [0.1, 0.15) is 6.10 Å². The molecule has 0 heterocycles. The highest BCUT2D eigenvalue weighted by atomic mass is 31.2. The fourth-order valence-corrected chi connectivity index (χ4v) is 7.05. The predicted molar refractivity (Wildman–Crippen MR) is 256 cm³/mol. The Morgan fingerprint density at radius 2 is 0.933 bits per heavy atom. The van der Waals surface area contributed by atoms with E-state index in [2.05, 4.69) is 98.9 Å². The molecule has 0 aromatic rings. The number of nitrogens with two attached hydrogens (primary N) is 1. The zero-order valence-electron chi connectivity index (χ0n) is 38.4. The van der Waals surface area contributed by atoms with Crippen molar-refractivity contribution in [1.82, 2.24) is 0 Å². The van der Waals surface area contributed by atoms with Crippen molar-refractivity contribution >= 4 is 13.8 Å². The second-order valence-corrected chi connectivity index (χ2v) is 17.0. The lowest BCUT2D eigenvalue weighted by molar-refractivity contribution is -0.154. The first-order valence-electron chi connectivity index (χ1n) is 24.1. The topological polar surface area (TPSA) is 117 Å². The zero-order chi connectivity index (χ0) is 43.7. The van der Waals surface area contributed by atoms with Gasteiger partial charge in [0.15, 0.2) is 0 Å². The highest BCUT2D eigenvalue weighted by Crippen LogP contribution is 2.43. The summed E-state index contributed by atoms with van der Waals surface area (Å²) in [6.45, 7) is 4.74. The third kappa shape index (κ3) is 46.7. The van der Waals surface area contributed by atoms with Crippen LogP contribution in [0.2, 0.25) is 0 Å². The summed E-state index contributed by atoms with van der Waals surface area (Å²) in [4.78, 5) is 22.5. The molecule has 0 aromatic carbocycles. The van der Waals surface area contributed by atoms with E-state index in [0.29, 0.717) is 13.0 Å². The van der Waals surface area contributed by atoms with Gasteiger partial charge in [-0.25, -0.2) is 4.57 Å². The minimum absolute atomic E-state index is 0.0898. The van der Waals surface area contributed by atoms with E-state index in [1.54, 1.807) is 0 Å². The highest BCUT2D eigenvalue weighted by molar-refractivity contribution is 7.47. The number of hydrogen-bond acceptors (Lipinski definition) is 7. The summed E-state index contributed by atoms with van der Waals surface area (Å²) in [5.41, 5.74) is 5.38. The first-order valence-corrected chi connectivity index (χ1v) is 25.6. The van der Waals surface area contributed by atoms with Crippen molar-refractivity contribution in [2.45, 2.75) is 200 Å². The van der Waals surface area contributed by atoms with Crippen molar-refractivity contribution in [2.75, 3.05) is 33.0 Å². The normalized spacial score (nSPS) is 14.1. The van der Waals surface area contributed by atoms with Crippen molar-refractivity contribution in [3.8, 4) is 0 Å². The molecule has 2 atom stereocenters. The van der Waals surface area contributed by atoms with Crippen LogP contribution >= 0.6 is 7.82 Å². The lowest BCUT2D eigenvalue weighted by Gasteiger charge is -2.20. The number of ether oxygens (including phenoxy) is 2. The maximum Gasteiger partial charge on any atom is 0.472 e. The minimum Gasteiger partial charge on any atom is -0.457 e. The van der Waals surface area contributed by atoms with E-state index in [-0.39, 0.29) is 38.8 Å². The van der Waals surface area contributed by atoms with Gasteiger partial charge in [0.25, 0.3) is 0 Å². The number of allylic oxidation sites excluding steroid dienone is 14. The molecule has 0 aliphatic carbocycles.